The van der Waals surface area contributed by atoms with E-state index in [1.54, 1.807) is 0 Å². The summed E-state index contributed by atoms with van der Waals surface area (Å²) >= 11 is 1.17. The zero-order valence-corrected chi connectivity index (χ0v) is 10.7. The predicted molar refractivity (Wildman–Crippen MR) is 61.9 cm³/mol. The van der Waals surface area contributed by atoms with Crippen molar-refractivity contribution in [2.75, 3.05) is 12.4 Å². The molecule has 7 heteroatoms. The Morgan fingerprint density at radius 1 is 1.65 bits per heavy atom. The first-order chi connectivity index (χ1) is 8.03. The van der Waals surface area contributed by atoms with Gasteiger partial charge in [0.2, 0.25) is 0 Å². The monoisotopic (exact) mass is 257 g/mol. The number of hydrogen-bond acceptors (Lipinski definition) is 5. The summed E-state index contributed by atoms with van der Waals surface area (Å²) in [6, 6.07) is 0. The summed E-state index contributed by atoms with van der Waals surface area (Å²) in [5.74, 6) is -0.102. The lowest BCUT2D eigenvalue weighted by Gasteiger charge is -2.21. The Bertz CT molecular complexity index is 426. The minimum Gasteiger partial charge on any atom is -0.481 e. The zero-order valence-electron chi connectivity index (χ0n) is 9.84. The predicted octanol–water partition coefficient (Wildman–Crippen LogP) is 1.02. The minimum atomic E-state index is -0.858. The Labute approximate surface area is 103 Å². The van der Waals surface area contributed by atoms with Crippen LogP contribution in [0.2, 0.25) is 0 Å². The summed E-state index contributed by atoms with van der Waals surface area (Å²) in [5, 5.41) is 17.4. The number of thioether (sulfide) groups is 1. The van der Waals surface area contributed by atoms with Crippen LogP contribution in [0.1, 0.15) is 25.6 Å². The SMILES string of the molecule is Cn1c(SCC(=O)O)nnc1C1(C)CCCO1. The molecule has 1 unspecified atom stereocenters. The van der Waals surface area contributed by atoms with E-state index in [0.717, 1.165) is 25.3 Å². The Morgan fingerprint density at radius 2 is 2.41 bits per heavy atom. The molecule has 0 saturated carbocycles. The zero-order chi connectivity index (χ0) is 12.5. The molecule has 94 valence electrons. The summed E-state index contributed by atoms with van der Waals surface area (Å²) in [7, 11) is 1.84. The van der Waals surface area contributed by atoms with Gasteiger partial charge in [-0.05, 0) is 19.8 Å². The quantitative estimate of drug-likeness (QED) is 0.811. The van der Waals surface area contributed by atoms with E-state index in [9.17, 15) is 4.79 Å². The minimum absolute atomic E-state index is 0.0104. The summed E-state index contributed by atoms with van der Waals surface area (Å²) in [6.07, 6.45) is 1.93. The number of carboxylic acid groups (broad SMARTS) is 1. The highest BCUT2D eigenvalue weighted by Gasteiger charge is 2.36. The number of carboxylic acids is 1. The van der Waals surface area contributed by atoms with Crippen molar-refractivity contribution in [1.82, 2.24) is 14.8 Å². The average molecular weight is 257 g/mol. The lowest BCUT2D eigenvalue weighted by molar-refractivity contribution is -0.133. The first kappa shape index (κ1) is 12.4. The first-order valence-electron chi connectivity index (χ1n) is 5.41. The highest BCUT2D eigenvalue weighted by molar-refractivity contribution is 7.99. The third-order valence-corrected chi connectivity index (χ3v) is 3.86. The second kappa shape index (κ2) is 4.66. The molecule has 17 heavy (non-hydrogen) atoms. The molecule has 0 radical (unpaired) electrons. The van der Waals surface area contributed by atoms with E-state index in [1.807, 2.05) is 18.5 Å². The summed E-state index contributed by atoms with van der Waals surface area (Å²) < 4.78 is 7.52. The maximum absolute atomic E-state index is 10.5. The molecule has 1 atom stereocenters. The molecule has 0 aliphatic carbocycles. The Hall–Kier alpha value is -1.08. The van der Waals surface area contributed by atoms with E-state index in [0.29, 0.717) is 5.16 Å². The third-order valence-electron chi connectivity index (χ3n) is 2.85. The molecule has 0 spiro atoms. The van der Waals surface area contributed by atoms with Crippen molar-refractivity contribution in [3.05, 3.63) is 5.82 Å². The number of aliphatic carboxylic acids is 1. The fourth-order valence-corrected chi connectivity index (χ4v) is 2.61. The molecule has 1 aliphatic rings. The van der Waals surface area contributed by atoms with Crippen LogP contribution >= 0.6 is 11.8 Å². The molecular weight excluding hydrogens is 242 g/mol. The molecule has 2 rings (SSSR count). The summed E-state index contributed by atoms with van der Waals surface area (Å²) in [4.78, 5) is 10.5. The van der Waals surface area contributed by atoms with Gasteiger partial charge in [0.15, 0.2) is 11.0 Å². The maximum Gasteiger partial charge on any atom is 0.313 e. The van der Waals surface area contributed by atoms with Crippen molar-refractivity contribution < 1.29 is 14.6 Å². The van der Waals surface area contributed by atoms with Crippen LogP contribution in [0.15, 0.2) is 5.16 Å². The summed E-state index contributed by atoms with van der Waals surface area (Å²) in [6.45, 7) is 2.73. The van der Waals surface area contributed by atoms with Crippen molar-refractivity contribution in [1.29, 1.82) is 0 Å². The number of nitrogens with zero attached hydrogens (tertiary/aromatic N) is 3. The van der Waals surface area contributed by atoms with Gasteiger partial charge in [-0.3, -0.25) is 4.79 Å². The molecule has 6 nitrogen and oxygen atoms in total. The molecule has 1 aliphatic heterocycles. The van der Waals surface area contributed by atoms with Crippen molar-refractivity contribution in [2.45, 2.75) is 30.5 Å². The molecule has 0 aromatic carbocycles. The number of ether oxygens (including phenoxy) is 1. The van der Waals surface area contributed by atoms with Crippen molar-refractivity contribution >= 4 is 17.7 Å². The highest BCUT2D eigenvalue weighted by atomic mass is 32.2. The standard InChI is InChI=1S/C10H15N3O3S/c1-10(4-3-5-16-10)8-11-12-9(13(8)2)17-6-7(14)15/h3-6H2,1-2H3,(H,14,15). The van der Waals surface area contributed by atoms with Crippen molar-refractivity contribution in [2.24, 2.45) is 7.05 Å². The fourth-order valence-electron chi connectivity index (χ4n) is 1.98. The number of rotatable bonds is 4. The van der Waals surface area contributed by atoms with Crippen LogP contribution in [0, 0.1) is 0 Å². The van der Waals surface area contributed by atoms with Gasteiger partial charge >= 0.3 is 5.97 Å². The van der Waals surface area contributed by atoms with Gasteiger partial charge in [0.25, 0.3) is 0 Å². The molecule has 1 fully saturated rings. The van der Waals surface area contributed by atoms with Crippen LogP contribution in [0.4, 0.5) is 0 Å². The second-order valence-electron chi connectivity index (χ2n) is 4.23. The van der Waals surface area contributed by atoms with Gasteiger partial charge in [0.05, 0.1) is 5.75 Å². The van der Waals surface area contributed by atoms with E-state index in [2.05, 4.69) is 10.2 Å². The smallest absolute Gasteiger partial charge is 0.313 e. The van der Waals surface area contributed by atoms with E-state index < -0.39 is 5.97 Å². The molecule has 1 N–H and O–H groups in total. The van der Waals surface area contributed by atoms with E-state index >= 15 is 0 Å². The van der Waals surface area contributed by atoms with Crippen LogP contribution in [0.3, 0.4) is 0 Å². The average Bonchev–Trinajstić information content (AvgIpc) is 2.83. The topological polar surface area (TPSA) is 77.2 Å². The van der Waals surface area contributed by atoms with Crippen LogP contribution in [-0.2, 0) is 22.2 Å². The highest BCUT2D eigenvalue weighted by Crippen LogP contribution is 2.35. The number of carbonyl (C=O) groups is 1. The van der Waals surface area contributed by atoms with Gasteiger partial charge < -0.3 is 14.4 Å². The molecular formula is C10H15N3O3S. The molecule has 1 aromatic heterocycles. The van der Waals surface area contributed by atoms with E-state index in [-0.39, 0.29) is 11.4 Å². The van der Waals surface area contributed by atoms with E-state index in [1.165, 1.54) is 11.8 Å². The lowest BCUT2D eigenvalue weighted by Crippen LogP contribution is -2.24. The molecule has 0 bridgehead atoms. The van der Waals surface area contributed by atoms with Crippen LogP contribution in [-0.4, -0.2) is 38.2 Å². The van der Waals surface area contributed by atoms with Gasteiger partial charge in [-0.2, -0.15) is 0 Å². The van der Waals surface area contributed by atoms with Crippen molar-refractivity contribution in [3.63, 3.8) is 0 Å². The third kappa shape index (κ3) is 2.44. The number of hydrogen-bond donors (Lipinski definition) is 1. The molecule has 1 aromatic rings. The molecule has 2 heterocycles. The van der Waals surface area contributed by atoms with Crippen LogP contribution < -0.4 is 0 Å². The lowest BCUT2D eigenvalue weighted by atomic mass is 10.0. The normalized spacial score (nSPS) is 24.1. The van der Waals surface area contributed by atoms with Crippen LogP contribution in [0.5, 0.6) is 0 Å². The van der Waals surface area contributed by atoms with Crippen LogP contribution in [0.25, 0.3) is 0 Å². The first-order valence-corrected chi connectivity index (χ1v) is 6.40. The van der Waals surface area contributed by atoms with Gasteiger partial charge in [-0.15, -0.1) is 10.2 Å². The van der Waals surface area contributed by atoms with Gasteiger partial charge in [0.1, 0.15) is 5.60 Å². The Balaban J connectivity index is 2.17. The maximum atomic E-state index is 10.5. The Morgan fingerprint density at radius 3 is 3.00 bits per heavy atom. The largest absolute Gasteiger partial charge is 0.481 e. The second-order valence-corrected chi connectivity index (χ2v) is 5.17. The Kier molecular flexibility index (Phi) is 3.39. The van der Waals surface area contributed by atoms with Gasteiger partial charge in [-0.1, -0.05) is 11.8 Å². The van der Waals surface area contributed by atoms with Gasteiger partial charge in [-0.25, -0.2) is 0 Å². The van der Waals surface area contributed by atoms with Crippen molar-refractivity contribution in [3.8, 4) is 0 Å². The molecule has 0 amide bonds. The summed E-state index contributed by atoms with van der Waals surface area (Å²) in [5.41, 5.74) is -0.385. The van der Waals surface area contributed by atoms with E-state index in [4.69, 9.17) is 9.84 Å². The number of aromatic nitrogens is 3. The molecule has 1 saturated heterocycles. The fraction of sp³-hybridized carbons (Fsp3) is 0.700. The van der Waals surface area contributed by atoms with Gasteiger partial charge in [0, 0.05) is 13.7 Å².